The van der Waals surface area contributed by atoms with Crippen LogP contribution in [-0.4, -0.2) is 37.0 Å². The Balaban J connectivity index is 1.73. The number of nitrogens with zero attached hydrogens (tertiary/aromatic N) is 1. The summed E-state index contributed by atoms with van der Waals surface area (Å²) in [5, 5.41) is 2.48. The highest BCUT2D eigenvalue weighted by Gasteiger charge is 2.27. The SMILES string of the molecule is C[C@H](Sc1ccc(F)cc1)C(=O)Nc1cc(S(=O)(=O)N2CCCCC2)ccc1Cl. The lowest BCUT2D eigenvalue weighted by Gasteiger charge is -2.26. The van der Waals surface area contributed by atoms with Crippen molar-refractivity contribution in [3.05, 3.63) is 53.3 Å². The van der Waals surface area contributed by atoms with E-state index in [-0.39, 0.29) is 27.3 Å². The summed E-state index contributed by atoms with van der Waals surface area (Å²) in [6, 6.07) is 10.2. The predicted octanol–water partition coefficient (Wildman–Crippen LogP) is 4.77. The van der Waals surface area contributed by atoms with Gasteiger partial charge in [0.25, 0.3) is 0 Å². The zero-order valence-corrected chi connectivity index (χ0v) is 18.3. The van der Waals surface area contributed by atoms with Gasteiger partial charge in [0.1, 0.15) is 5.82 Å². The zero-order valence-electron chi connectivity index (χ0n) is 15.9. The number of thioether (sulfide) groups is 1. The molecule has 2 aromatic rings. The Kier molecular flexibility index (Phi) is 7.21. The number of hydrogen-bond donors (Lipinski definition) is 1. The third-order valence-electron chi connectivity index (χ3n) is 4.64. The fourth-order valence-electron chi connectivity index (χ4n) is 3.02. The van der Waals surface area contributed by atoms with Crippen LogP contribution in [-0.2, 0) is 14.8 Å². The number of anilines is 1. The summed E-state index contributed by atoms with van der Waals surface area (Å²) >= 11 is 7.46. The number of nitrogens with one attached hydrogen (secondary N) is 1. The molecule has 1 saturated heterocycles. The number of hydrogen-bond acceptors (Lipinski definition) is 4. The van der Waals surface area contributed by atoms with Gasteiger partial charge in [0.05, 0.1) is 20.9 Å². The Morgan fingerprint density at radius 1 is 1.14 bits per heavy atom. The minimum Gasteiger partial charge on any atom is -0.324 e. The molecule has 0 aromatic heterocycles. The second-order valence-electron chi connectivity index (χ2n) is 6.81. The number of amides is 1. The first-order valence-electron chi connectivity index (χ1n) is 9.30. The molecule has 0 saturated carbocycles. The fourth-order valence-corrected chi connectivity index (χ4v) is 5.60. The van der Waals surface area contributed by atoms with Crippen LogP contribution < -0.4 is 5.32 Å². The van der Waals surface area contributed by atoms with Gasteiger partial charge in [-0.25, -0.2) is 12.8 Å². The molecule has 1 atom stereocenters. The first-order chi connectivity index (χ1) is 13.8. The quantitative estimate of drug-likeness (QED) is 0.635. The van der Waals surface area contributed by atoms with Crippen LogP contribution in [0, 0.1) is 5.82 Å². The largest absolute Gasteiger partial charge is 0.324 e. The molecule has 0 aliphatic carbocycles. The van der Waals surface area contributed by atoms with E-state index < -0.39 is 15.3 Å². The molecule has 156 valence electrons. The second-order valence-corrected chi connectivity index (χ2v) is 10.6. The molecular weight excluding hydrogens is 435 g/mol. The second kappa shape index (κ2) is 9.47. The van der Waals surface area contributed by atoms with Crippen molar-refractivity contribution in [2.24, 2.45) is 0 Å². The maximum absolute atomic E-state index is 13.0. The van der Waals surface area contributed by atoms with Gasteiger partial charge in [0.2, 0.25) is 15.9 Å². The van der Waals surface area contributed by atoms with Crippen LogP contribution in [0.2, 0.25) is 5.02 Å². The van der Waals surface area contributed by atoms with Crippen molar-refractivity contribution in [3.8, 4) is 0 Å². The van der Waals surface area contributed by atoms with Crippen molar-refractivity contribution in [3.63, 3.8) is 0 Å². The van der Waals surface area contributed by atoms with E-state index in [0.717, 1.165) is 24.2 Å². The normalized spacial score (nSPS) is 16.4. The summed E-state index contributed by atoms with van der Waals surface area (Å²) in [5.41, 5.74) is 0.251. The van der Waals surface area contributed by atoms with Crippen molar-refractivity contribution in [2.75, 3.05) is 18.4 Å². The van der Waals surface area contributed by atoms with Gasteiger partial charge in [0, 0.05) is 18.0 Å². The third kappa shape index (κ3) is 5.51. The number of benzene rings is 2. The molecule has 2 aromatic carbocycles. The highest BCUT2D eigenvalue weighted by molar-refractivity contribution is 8.00. The molecule has 3 rings (SSSR count). The van der Waals surface area contributed by atoms with Gasteiger partial charge >= 0.3 is 0 Å². The monoisotopic (exact) mass is 456 g/mol. The molecular formula is C20H22ClFN2O3S2. The van der Waals surface area contributed by atoms with Crippen LogP contribution in [0.15, 0.2) is 52.3 Å². The maximum atomic E-state index is 13.0. The van der Waals surface area contributed by atoms with Gasteiger partial charge in [-0.15, -0.1) is 11.8 Å². The Hall–Kier alpha value is -1.61. The molecule has 1 N–H and O–H groups in total. The van der Waals surface area contributed by atoms with E-state index in [0.29, 0.717) is 13.1 Å². The van der Waals surface area contributed by atoms with Crippen LogP contribution in [0.4, 0.5) is 10.1 Å². The zero-order chi connectivity index (χ0) is 21.0. The molecule has 0 bridgehead atoms. The molecule has 29 heavy (non-hydrogen) atoms. The third-order valence-corrected chi connectivity index (χ3v) is 7.98. The van der Waals surface area contributed by atoms with Crippen molar-refractivity contribution in [1.82, 2.24) is 4.31 Å². The molecule has 5 nitrogen and oxygen atoms in total. The minimum atomic E-state index is -3.63. The van der Waals surface area contributed by atoms with Crippen molar-refractivity contribution < 1.29 is 17.6 Å². The van der Waals surface area contributed by atoms with E-state index in [1.54, 1.807) is 19.1 Å². The molecule has 1 amide bonds. The average molecular weight is 457 g/mol. The molecule has 0 radical (unpaired) electrons. The lowest BCUT2D eigenvalue weighted by Crippen LogP contribution is -2.35. The Bertz CT molecular complexity index is 978. The van der Waals surface area contributed by atoms with Crippen LogP contribution in [0.5, 0.6) is 0 Å². The number of rotatable bonds is 6. The van der Waals surface area contributed by atoms with Crippen LogP contribution in [0.1, 0.15) is 26.2 Å². The van der Waals surface area contributed by atoms with E-state index in [4.69, 9.17) is 11.6 Å². The van der Waals surface area contributed by atoms with E-state index in [2.05, 4.69) is 5.32 Å². The predicted molar refractivity (Wildman–Crippen MR) is 114 cm³/mol. The maximum Gasteiger partial charge on any atom is 0.243 e. The highest BCUT2D eigenvalue weighted by Crippen LogP contribution is 2.30. The number of carbonyl (C=O) groups excluding carboxylic acids is 1. The number of piperidine rings is 1. The topological polar surface area (TPSA) is 66.5 Å². The van der Waals surface area contributed by atoms with Crippen LogP contribution in [0.25, 0.3) is 0 Å². The molecule has 0 unspecified atom stereocenters. The molecule has 1 fully saturated rings. The van der Waals surface area contributed by atoms with Crippen molar-refractivity contribution >= 4 is 45.0 Å². The lowest BCUT2D eigenvalue weighted by atomic mass is 10.2. The molecule has 1 aliphatic rings. The summed E-state index contributed by atoms with van der Waals surface area (Å²) in [5.74, 6) is -0.668. The highest BCUT2D eigenvalue weighted by atomic mass is 35.5. The van der Waals surface area contributed by atoms with Gasteiger partial charge in [-0.05, 0) is 62.2 Å². The Morgan fingerprint density at radius 2 is 1.79 bits per heavy atom. The molecule has 1 aliphatic heterocycles. The van der Waals surface area contributed by atoms with E-state index >= 15 is 0 Å². The number of halogens is 2. The molecule has 0 spiro atoms. The summed E-state index contributed by atoms with van der Waals surface area (Å²) in [7, 11) is -3.63. The first kappa shape index (κ1) is 22.1. The lowest BCUT2D eigenvalue weighted by molar-refractivity contribution is -0.115. The van der Waals surface area contributed by atoms with E-state index in [9.17, 15) is 17.6 Å². The van der Waals surface area contributed by atoms with E-state index in [1.165, 1.54) is 46.4 Å². The first-order valence-corrected chi connectivity index (χ1v) is 12.0. The van der Waals surface area contributed by atoms with Crippen LogP contribution >= 0.6 is 23.4 Å². The van der Waals surface area contributed by atoms with Gasteiger partial charge in [-0.1, -0.05) is 18.0 Å². The minimum absolute atomic E-state index is 0.109. The van der Waals surface area contributed by atoms with Gasteiger partial charge < -0.3 is 5.32 Å². The number of sulfonamides is 1. The fraction of sp³-hybridized carbons (Fsp3) is 0.350. The van der Waals surface area contributed by atoms with Gasteiger partial charge in [-0.2, -0.15) is 4.31 Å². The van der Waals surface area contributed by atoms with E-state index in [1.807, 2.05) is 0 Å². The van der Waals surface area contributed by atoms with Crippen molar-refractivity contribution in [1.29, 1.82) is 0 Å². The summed E-state index contributed by atoms with van der Waals surface area (Å²) in [4.78, 5) is 13.4. The molecule has 9 heteroatoms. The van der Waals surface area contributed by atoms with Crippen molar-refractivity contribution in [2.45, 2.75) is 41.2 Å². The smallest absolute Gasteiger partial charge is 0.243 e. The summed E-state index contributed by atoms with van der Waals surface area (Å²) < 4.78 is 40.2. The Labute approximate surface area is 179 Å². The van der Waals surface area contributed by atoms with Crippen LogP contribution in [0.3, 0.4) is 0 Å². The standard InChI is InChI=1S/C20H22ClFN2O3S2/c1-14(28-16-7-5-15(22)6-8-16)20(25)23-19-13-17(9-10-18(19)21)29(26,27)24-11-3-2-4-12-24/h5-10,13-14H,2-4,11-12H2,1H3,(H,23,25)/t14-/m0/s1. The summed E-state index contributed by atoms with van der Waals surface area (Å²) in [6.45, 7) is 2.71. The molecule has 1 heterocycles. The average Bonchev–Trinajstić information content (AvgIpc) is 2.71. The van der Waals surface area contributed by atoms with Gasteiger partial charge in [-0.3, -0.25) is 4.79 Å². The number of carbonyl (C=O) groups is 1. The Morgan fingerprint density at radius 3 is 2.45 bits per heavy atom. The van der Waals surface area contributed by atoms with Gasteiger partial charge in [0.15, 0.2) is 0 Å². The summed E-state index contributed by atoms with van der Waals surface area (Å²) in [6.07, 6.45) is 2.71.